The Morgan fingerprint density at radius 2 is 1.56 bits per heavy atom. The lowest BCUT2D eigenvalue weighted by atomic mass is 10.1. The first-order valence-corrected chi connectivity index (χ1v) is 9.40. The molecule has 1 aliphatic rings. The second kappa shape index (κ2) is 7.17. The molecule has 134 valence electrons. The normalized spacial score (nSPS) is 13.0. The van der Waals surface area contributed by atoms with E-state index in [-0.39, 0.29) is 17.7 Å². The summed E-state index contributed by atoms with van der Waals surface area (Å²) >= 11 is 1.39. The lowest BCUT2D eigenvalue weighted by Crippen LogP contribution is -2.31. The second-order valence-corrected chi connectivity index (χ2v) is 7.13. The van der Waals surface area contributed by atoms with Crippen LogP contribution in [-0.2, 0) is 6.42 Å². The van der Waals surface area contributed by atoms with Gasteiger partial charge in [-0.25, -0.2) is 0 Å². The summed E-state index contributed by atoms with van der Waals surface area (Å²) in [6.45, 7) is 0.327. The number of rotatable bonds is 5. The maximum atomic E-state index is 12.4. The van der Waals surface area contributed by atoms with Crippen molar-refractivity contribution in [3.63, 3.8) is 0 Å². The fourth-order valence-corrected chi connectivity index (χ4v) is 3.66. The van der Waals surface area contributed by atoms with E-state index >= 15 is 0 Å². The van der Waals surface area contributed by atoms with E-state index in [0.29, 0.717) is 34.7 Å². The van der Waals surface area contributed by atoms with Crippen LogP contribution in [0.15, 0.2) is 66.0 Å². The highest BCUT2D eigenvalue weighted by Crippen LogP contribution is 2.23. The second-order valence-electron chi connectivity index (χ2n) is 6.19. The van der Waals surface area contributed by atoms with Gasteiger partial charge in [-0.2, -0.15) is 0 Å². The van der Waals surface area contributed by atoms with Crippen LogP contribution < -0.4 is 5.32 Å². The minimum atomic E-state index is -0.240. The smallest absolute Gasteiger partial charge is 0.265 e. The summed E-state index contributed by atoms with van der Waals surface area (Å²) in [6.07, 6.45) is 0.560. The zero-order chi connectivity index (χ0) is 18.8. The average molecular weight is 376 g/mol. The molecule has 4 rings (SSSR count). The molecule has 0 atom stereocenters. The molecule has 6 heteroatoms. The van der Waals surface area contributed by atoms with Crippen molar-refractivity contribution in [3.05, 3.63) is 87.6 Å². The molecule has 3 aromatic rings. The van der Waals surface area contributed by atoms with Gasteiger partial charge in [-0.15, -0.1) is 11.3 Å². The van der Waals surface area contributed by atoms with Crippen molar-refractivity contribution in [1.29, 1.82) is 0 Å². The molecule has 0 spiro atoms. The SMILES string of the molecule is O=C(Nc1ccc(CCN2C(=O)c3ccccc3C2=O)cc1)c1cccs1. The Morgan fingerprint density at radius 1 is 0.889 bits per heavy atom. The van der Waals surface area contributed by atoms with Gasteiger partial charge < -0.3 is 5.32 Å². The van der Waals surface area contributed by atoms with Gasteiger partial charge in [0.25, 0.3) is 17.7 Å². The highest BCUT2D eigenvalue weighted by Gasteiger charge is 2.34. The van der Waals surface area contributed by atoms with Crippen LogP contribution in [0.25, 0.3) is 0 Å². The van der Waals surface area contributed by atoms with Crippen molar-refractivity contribution < 1.29 is 14.4 Å². The molecular formula is C21H16N2O3S. The Hall–Kier alpha value is -3.25. The number of fused-ring (bicyclic) bond motifs is 1. The van der Waals surface area contributed by atoms with E-state index in [1.54, 1.807) is 30.3 Å². The number of thiophene rings is 1. The number of benzene rings is 2. The first-order valence-electron chi connectivity index (χ1n) is 8.52. The molecule has 1 aliphatic heterocycles. The maximum absolute atomic E-state index is 12.4. The Labute approximate surface area is 160 Å². The van der Waals surface area contributed by atoms with E-state index in [1.807, 2.05) is 35.7 Å². The quantitative estimate of drug-likeness (QED) is 0.688. The van der Waals surface area contributed by atoms with Gasteiger partial charge in [0.05, 0.1) is 16.0 Å². The van der Waals surface area contributed by atoms with Gasteiger partial charge in [-0.1, -0.05) is 30.3 Å². The van der Waals surface area contributed by atoms with E-state index in [9.17, 15) is 14.4 Å². The van der Waals surface area contributed by atoms with Crippen molar-refractivity contribution in [3.8, 4) is 0 Å². The van der Waals surface area contributed by atoms with Crippen LogP contribution in [0.1, 0.15) is 36.0 Å². The number of nitrogens with zero attached hydrogens (tertiary/aromatic N) is 1. The van der Waals surface area contributed by atoms with Crippen molar-refractivity contribution in [2.24, 2.45) is 0 Å². The van der Waals surface area contributed by atoms with E-state index in [2.05, 4.69) is 5.32 Å². The molecule has 2 aromatic carbocycles. The highest BCUT2D eigenvalue weighted by molar-refractivity contribution is 7.12. The van der Waals surface area contributed by atoms with Crippen LogP contribution in [0.3, 0.4) is 0 Å². The minimum absolute atomic E-state index is 0.135. The molecule has 1 N–H and O–H groups in total. The number of carbonyl (C=O) groups is 3. The summed E-state index contributed by atoms with van der Waals surface area (Å²) in [5, 5.41) is 4.71. The molecule has 1 aromatic heterocycles. The first-order chi connectivity index (χ1) is 13.1. The molecule has 3 amide bonds. The van der Waals surface area contributed by atoms with E-state index < -0.39 is 0 Å². The average Bonchev–Trinajstić information content (AvgIpc) is 3.31. The Balaban J connectivity index is 1.38. The molecule has 0 fully saturated rings. The molecule has 0 saturated heterocycles. The highest BCUT2D eigenvalue weighted by atomic mass is 32.1. The van der Waals surface area contributed by atoms with Gasteiger partial charge in [0.15, 0.2) is 0 Å². The van der Waals surface area contributed by atoms with Crippen molar-refractivity contribution in [2.45, 2.75) is 6.42 Å². The molecule has 5 nitrogen and oxygen atoms in total. The van der Waals surface area contributed by atoms with Gasteiger partial charge in [-0.3, -0.25) is 19.3 Å². The third-order valence-corrected chi connectivity index (χ3v) is 5.33. The predicted octanol–water partition coefficient (Wildman–Crippen LogP) is 3.84. The Bertz CT molecular complexity index is 975. The van der Waals surface area contributed by atoms with Crippen LogP contribution in [0.4, 0.5) is 5.69 Å². The number of imide groups is 1. The fourth-order valence-electron chi connectivity index (χ4n) is 3.04. The number of hydrogen-bond acceptors (Lipinski definition) is 4. The lowest BCUT2D eigenvalue weighted by Gasteiger charge is -2.14. The summed E-state index contributed by atoms with van der Waals surface area (Å²) in [7, 11) is 0. The summed E-state index contributed by atoms with van der Waals surface area (Å²) in [6, 6.07) is 17.9. The molecule has 27 heavy (non-hydrogen) atoms. The first kappa shape index (κ1) is 17.2. The van der Waals surface area contributed by atoms with Gasteiger partial charge in [0.1, 0.15) is 0 Å². The van der Waals surface area contributed by atoms with Crippen molar-refractivity contribution >= 4 is 34.7 Å². The van der Waals surface area contributed by atoms with Crippen molar-refractivity contribution in [2.75, 3.05) is 11.9 Å². The van der Waals surface area contributed by atoms with E-state index in [4.69, 9.17) is 0 Å². The lowest BCUT2D eigenvalue weighted by molar-refractivity contribution is 0.0656. The molecule has 0 bridgehead atoms. The molecular weight excluding hydrogens is 360 g/mol. The number of carbonyl (C=O) groups excluding carboxylic acids is 3. The maximum Gasteiger partial charge on any atom is 0.265 e. The summed E-state index contributed by atoms with van der Waals surface area (Å²) in [4.78, 5) is 38.8. The molecule has 0 aliphatic carbocycles. The number of amides is 3. The topological polar surface area (TPSA) is 66.5 Å². The zero-order valence-electron chi connectivity index (χ0n) is 14.3. The largest absolute Gasteiger partial charge is 0.321 e. The third kappa shape index (κ3) is 3.39. The summed E-state index contributed by atoms with van der Waals surface area (Å²) in [5.41, 5.74) is 2.63. The monoisotopic (exact) mass is 376 g/mol. The Morgan fingerprint density at radius 3 is 2.15 bits per heavy atom. The Kier molecular flexibility index (Phi) is 4.56. The van der Waals surface area contributed by atoms with Crippen LogP contribution >= 0.6 is 11.3 Å². The standard InChI is InChI=1S/C21H16N2O3S/c24-19(18-6-3-13-27-18)22-15-9-7-14(8-10-15)11-12-23-20(25)16-4-1-2-5-17(16)21(23)26/h1-10,13H,11-12H2,(H,22,24). The van der Waals surface area contributed by atoms with Crippen LogP contribution in [0, 0.1) is 0 Å². The van der Waals surface area contributed by atoms with Gasteiger partial charge in [0, 0.05) is 12.2 Å². The zero-order valence-corrected chi connectivity index (χ0v) is 15.2. The summed E-state index contributed by atoms with van der Waals surface area (Å²) < 4.78 is 0. The van der Waals surface area contributed by atoms with E-state index in [1.165, 1.54) is 16.2 Å². The molecule has 2 heterocycles. The van der Waals surface area contributed by atoms with Crippen LogP contribution in [-0.4, -0.2) is 29.2 Å². The fraction of sp³-hybridized carbons (Fsp3) is 0.0952. The molecule has 0 saturated carbocycles. The molecule has 0 unspecified atom stereocenters. The van der Waals surface area contributed by atoms with Gasteiger partial charge in [-0.05, 0) is 47.7 Å². The van der Waals surface area contributed by atoms with Crippen LogP contribution in [0.2, 0.25) is 0 Å². The number of nitrogens with one attached hydrogen (secondary N) is 1. The minimum Gasteiger partial charge on any atom is -0.321 e. The van der Waals surface area contributed by atoms with E-state index in [0.717, 1.165) is 5.56 Å². The number of hydrogen-bond donors (Lipinski definition) is 1. The van der Waals surface area contributed by atoms with Gasteiger partial charge in [0.2, 0.25) is 0 Å². The predicted molar refractivity (Wildman–Crippen MR) is 104 cm³/mol. The van der Waals surface area contributed by atoms with Gasteiger partial charge >= 0.3 is 0 Å². The van der Waals surface area contributed by atoms with Crippen molar-refractivity contribution in [1.82, 2.24) is 4.90 Å². The summed E-state index contributed by atoms with van der Waals surface area (Å²) in [5.74, 6) is -0.616. The third-order valence-electron chi connectivity index (χ3n) is 4.46. The number of anilines is 1. The molecule has 0 radical (unpaired) electrons. The van der Waals surface area contributed by atoms with Crippen LogP contribution in [0.5, 0.6) is 0 Å².